The molecule has 1 amide bonds. The third kappa shape index (κ3) is 3.64. The van der Waals surface area contributed by atoms with Gasteiger partial charge in [-0.25, -0.2) is 0 Å². The lowest BCUT2D eigenvalue weighted by atomic mass is 10.2. The minimum absolute atomic E-state index is 0.0741. The van der Waals surface area contributed by atoms with E-state index in [0.29, 0.717) is 17.0 Å². The summed E-state index contributed by atoms with van der Waals surface area (Å²) >= 11 is 1.29. The predicted molar refractivity (Wildman–Crippen MR) is 81.4 cm³/mol. The first kappa shape index (κ1) is 14.1. The van der Waals surface area contributed by atoms with Gasteiger partial charge >= 0.3 is 0 Å². The Morgan fingerprint density at radius 1 is 1.33 bits per heavy atom. The van der Waals surface area contributed by atoms with E-state index < -0.39 is 0 Å². The number of hydrogen-bond acceptors (Lipinski definition) is 5. The van der Waals surface area contributed by atoms with Gasteiger partial charge in [0, 0.05) is 11.6 Å². The fourth-order valence-electron chi connectivity index (χ4n) is 1.85. The van der Waals surface area contributed by atoms with Crippen molar-refractivity contribution in [3.63, 3.8) is 0 Å². The Bertz CT molecular complexity index is 635. The SMILES string of the molecule is Cc1ccc(NC(=O)[C@H](C)Sc2nnc(C3CC3)o2)cc1. The highest BCUT2D eigenvalue weighted by Gasteiger charge is 2.30. The van der Waals surface area contributed by atoms with Crippen LogP contribution < -0.4 is 5.32 Å². The maximum absolute atomic E-state index is 12.1. The Labute approximate surface area is 127 Å². The monoisotopic (exact) mass is 303 g/mol. The molecule has 1 saturated carbocycles. The molecule has 1 aromatic heterocycles. The summed E-state index contributed by atoms with van der Waals surface area (Å²) in [6, 6.07) is 7.71. The molecule has 5 nitrogen and oxygen atoms in total. The largest absolute Gasteiger partial charge is 0.416 e. The van der Waals surface area contributed by atoms with Crippen molar-refractivity contribution in [2.24, 2.45) is 0 Å². The first-order valence-corrected chi connectivity index (χ1v) is 7.87. The number of nitrogens with zero attached hydrogens (tertiary/aromatic N) is 2. The van der Waals surface area contributed by atoms with Crippen LogP contribution >= 0.6 is 11.8 Å². The van der Waals surface area contributed by atoms with Crippen LogP contribution in [0.15, 0.2) is 33.9 Å². The maximum atomic E-state index is 12.1. The van der Waals surface area contributed by atoms with E-state index in [2.05, 4.69) is 15.5 Å². The minimum atomic E-state index is -0.293. The van der Waals surface area contributed by atoms with Crippen LogP contribution in [0.3, 0.4) is 0 Å². The van der Waals surface area contributed by atoms with E-state index in [9.17, 15) is 4.79 Å². The van der Waals surface area contributed by atoms with E-state index in [-0.39, 0.29) is 11.2 Å². The number of rotatable bonds is 5. The molecule has 110 valence electrons. The van der Waals surface area contributed by atoms with Gasteiger partial charge in [0.1, 0.15) is 0 Å². The molecule has 0 aliphatic heterocycles. The molecule has 6 heteroatoms. The highest BCUT2D eigenvalue weighted by atomic mass is 32.2. The smallest absolute Gasteiger partial charge is 0.277 e. The summed E-state index contributed by atoms with van der Waals surface area (Å²) in [4.78, 5) is 12.1. The van der Waals surface area contributed by atoms with E-state index in [1.165, 1.54) is 11.8 Å². The van der Waals surface area contributed by atoms with Gasteiger partial charge in [-0.05, 0) is 38.8 Å². The second-order valence-corrected chi connectivity index (χ2v) is 6.59. The number of amides is 1. The number of thioether (sulfide) groups is 1. The van der Waals surface area contributed by atoms with Gasteiger partial charge in [0.15, 0.2) is 0 Å². The molecule has 1 aliphatic rings. The fourth-order valence-corrected chi connectivity index (χ4v) is 2.54. The van der Waals surface area contributed by atoms with Crippen LogP contribution in [-0.4, -0.2) is 21.4 Å². The fraction of sp³-hybridized carbons (Fsp3) is 0.400. The molecule has 0 spiro atoms. The van der Waals surface area contributed by atoms with Crippen molar-refractivity contribution < 1.29 is 9.21 Å². The van der Waals surface area contributed by atoms with E-state index in [1.54, 1.807) is 0 Å². The number of benzene rings is 1. The first-order valence-electron chi connectivity index (χ1n) is 6.99. The average Bonchev–Trinajstić information content (AvgIpc) is 3.22. The maximum Gasteiger partial charge on any atom is 0.277 e. The van der Waals surface area contributed by atoms with Gasteiger partial charge in [-0.3, -0.25) is 4.79 Å². The van der Waals surface area contributed by atoms with Crippen LogP contribution in [0.1, 0.15) is 37.1 Å². The Kier molecular flexibility index (Phi) is 3.96. The summed E-state index contributed by atoms with van der Waals surface area (Å²) in [5.41, 5.74) is 1.95. The van der Waals surface area contributed by atoms with Crippen molar-refractivity contribution in [2.45, 2.75) is 43.1 Å². The van der Waals surface area contributed by atoms with E-state index in [4.69, 9.17) is 4.42 Å². The predicted octanol–water partition coefficient (Wildman–Crippen LogP) is 3.37. The molecule has 1 heterocycles. The highest BCUT2D eigenvalue weighted by Crippen LogP contribution is 2.40. The lowest BCUT2D eigenvalue weighted by Crippen LogP contribution is -2.22. The Morgan fingerprint density at radius 2 is 2.05 bits per heavy atom. The first-order chi connectivity index (χ1) is 10.1. The third-order valence-electron chi connectivity index (χ3n) is 3.31. The standard InChI is InChI=1S/C15H17N3O2S/c1-9-3-7-12(8-4-9)16-13(19)10(2)21-15-18-17-14(20-15)11-5-6-11/h3-4,7-8,10-11H,5-6H2,1-2H3,(H,16,19)/t10-/m0/s1. The average molecular weight is 303 g/mol. The highest BCUT2D eigenvalue weighted by molar-refractivity contribution is 8.00. The van der Waals surface area contributed by atoms with Crippen LogP contribution in [0.2, 0.25) is 0 Å². The van der Waals surface area contributed by atoms with Crippen LogP contribution in [-0.2, 0) is 4.79 Å². The molecule has 0 saturated heterocycles. The van der Waals surface area contributed by atoms with Crippen molar-refractivity contribution in [3.8, 4) is 0 Å². The number of hydrogen-bond donors (Lipinski definition) is 1. The number of aromatic nitrogens is 2. The zero-order valence-corrected chi connectivity index (χ0v) is 12.8. The Morgan fingerprint density at radius 3 is 2.71 bits per heavy atom. The van der Waals surface area contributed by atoms with Gasteiger partial charge in [0.25, 0.3) is 5.22 Å². The van der Waals surface area contributed by atoms with Crippen molar-refractivity contribution >= 4 is 23.4 Å². The summed E-state index contributed by atoms with van der Waals surface area (Å²) in [5.74, 6) is 1.06. The van der Waals surface area contributed by atoms with E-state index >= 15 is 0 Å². The van der Waals surface area contributed by atoms with Crippen LogP contribution in [0.4, 0.5) is 5.69 Å². The molecule has 3 rings (SSSR count). The van der Waals surface area contributed by atoms with Crippen LogP contribution in [0, 0.1) is 6.92 Å². The number of carbonyl (C=O) groups excluding carboxylic acids is 1. The molecule has 2 aromatic rings. The topological polar surface area (TPSA) is 68.0 Å². The van der Waals surface area contributed by atoms with Crippen molar-refractivity contribution in [1.82, 2.24) is 10.2 Å². The molecular weight excluding hydrogens is 286 g/mol. The molecule has 0 radical (unpaired) electrons. The Hall–Kier alpha value is -1.82. The van der Waals surface area contributed by atoms with E-state index in [1.807, 2.05) is 38.1 Å². The normalized spacial score (nSPS) is 15.7. The number of anilines is 1. The lowest BCUT2D eigenvalue weighted by molar-refractivity contribution is -0.115. The van der Waals surface area contributed by atoms with E-state index in [0.717, 1.165) is 24.1 Å². The third-order valence-corrected chi connectivity index (χ3v) is 4.25. The summed E-state index contributed by atoms with van der Waals surface area (Å²) < 4.78 is 5.56. The van der Waals surface area contributed by atoms with Gasteiger partial charge in [-0.1, -0.05) is 29.5 Å². The zero-order valence-electron chi connectivity index (χ0n) is 12.0. The molecule has 0 unspecified atom stereocenters. The molecule has 0 bridgehead atoms. The lowest BCUT2D eigenvalue weighted by Gasteiger charge is -2.09. The summed E-state index contributed by atoms with van der Waals surface area (Å²) in [5, 5.41) is 11.1. The van der Waals surface area contributed by atoms with Crippen molar-refractivity contribution in [1.29, 1.82) is 0 Å². The molecule has 1 N–H and O–H groups in total. The van der Waals surface area contributed by atoms with Gasteiger partial charge < -0.3 is 9.73 Å². The quantitative estimate of drug-likeness (QED) is 0.858. The van der Waals surface area contributed by atoms with Gasteiger partial charge in [-0.15, -0.1) is 10.2 Å². The minimum Gasteiger partial charge on any atom is -0.416 e. The molecular formula is C15H17N3O2S. The van der Waals surface area contributed by atoms with Gasteiger partial charge in [0.05, 0.1) is 5.25 Å². The number of carbonyl (C=O) groups is 1. The molecule has 1 aliphatic carbocycles. The van der Waals surface area contributed by atoms with Crippen LogP contribution in [0.25, 0.3) is 0 Å². The zero-order chi connectivity index (χ0) is 14.8. The van der Waals surface area contributed by atoms with Gasteiger partial charge in [0.2, 0.25) is 11.8 Å². The molecule has 1 fully saturated rings. The van der Waals surface area contributed by atoms with Crippen molar-refractivity contribution in [3.05, 3.63) is 35.7 Å². The number of nitrogens with one attached hydrogen (secondary N) is 1. The summed E-state index contributed by atoms with van der Waals surface area (Å²) in [6.45, 7) is 3.84. The Balaban J connectivity index is 1.57. The summed E-state index contributed by atoms with van der Waals surface area (Å²) in [6.07, 6.45) is 2.24. The van der Waals surface area contributed by atoms with Crippen LogP contribution in [0.5, 0.6) is 0 Å². The molecule has 1 atom stereocenters. The molecule has 1 aromatic carbocycles. The van der Waals surface area contributed by atoms with Gasteiger partial charge in [-0.2, -0.15) is 0 Å². The molecule has 21 heavy (non-hydrogen) atoms. The number of aryl methyl sites for hydroxylation is 1. The summed E-state index contributed by atoms with van der Waals surface area (Å²) in [7, 11) is 0. The second-order valence-electron chi connectivity index (χ2n) is 5.30. The van der Waals surface area contributed by atoms with Crippen molar-refractivity contribution in [2.75, 3.05) is 5.32 Å². The second kappa shape index (κ2) is 5.89.